The van der Waals surface area contributed by atoms with Crippen molar-refractivity contribution in [2.45, 2.75) is 23.6 Å². The van der Waals surface area contributed by atoms with Gasteiger partial charge >= 0.3 is 0 Å². The van der Waals surface area contributed by atoms with E-state index in [0.29, 0.717) is 11.1 Å². The summed E-state index contributed by atoms with van der Waals surface area (Å²) in [5.41, 5.74) is 3.33. The van der Waals surface area contributed by atoms with Crippen molar-refractivity contribution >= 4 is 17.7 Å². The molecule has 0 heterocycles. The number of carbonyl (C=O) groups excluding carboxylic acids is 1. The molecular weight excluding hydrogens is 380 g/mol. The summed E-state index contributed by atoms with van der Waals surface area (Å²) < 4.78 is 5.41. The lowest BCUT2D eigenvalue weighted by atomic mass is 10.1. The Balaban J connectivity index is 1.72. The summed E-state index contributed by atoms with van der Waals surface area (Å²) in [7, 11) is 1.63. The van der Waals surface area contributed by atoms with Crippen LogP contribution in [0.1, 0.15) is 40.0 Å². The smallest absolute Gasteiger partial charge is 0.252 e. The molecule has 0 aliphatic heterocycles. The second kappa shape index (κ2) is 9.81. The summed E-state index contributed by atoms with van der Waals surface area (Å²) in [5, 5.41) is 12.0. The number of hydrogen-bond acceptors (Lipinski definition) is 4. The lowest BCUT2D eigenvalue weighted by Crippen LogP contribution is -2.27. The van der Waals surface area contributed by atoms with Crippen LogP contribution in [0, 0.1) is 11.3 Å². The van der Waals surface area contributed by atoms with Gasteiger partial charge in [-0.15, -0.1) is 11.8 Å². The van der Waals surface area contributed by atoms with Crippen LogP contribution in [0.5, 0.6) is 5.75 Å². The topological polar surface area (TPSA) is 62.1 Å². The quantitative estimate of drug-likeness (QED) is 0.541. The number of nitrogens with zero attached hydrogens (tertiary/aromatic N) is 1. The minimum absolute atomic E-state index is 0.119. The molecule has 1 unspecified atom stereocenters. The number of benzene rings is 3. The minimum Gasteiger partial charge on any atom is -0.496 e. The fourth-order valence-corrected chi connectivity index (χ4v) is 4.00. The Hall–Kier alpha value is -3.23. The molecule has 0 aliphatic carbocycles. The Bertz CT molecular complexity index is 1030. The van der Waals surface area contributed by atoms with Gasteiger partial charge in [-0.05, 0) is 42.8 Å². The molecule has 1 amide bonds. The van der Waals surface area contributed by atoms with Crippen molar-refractivity contribution in [3.63, 3.8) is 0 Å². The van der Waals surface area contributed by atoms with Crippen LogP contribution in [0.15, 0.2) is 77.7 Å². The number of methoxy groups -OCH3 is 1. The standard InChI is InChI=1S/C24H22N2O2S/c1-17(20-7-3-5-9-22(20)28-2)26-24(27)21-8-4-6-10-23(21)29-16-19-13-11-18(15-25)12-14-19/h3-14,17H,16H2,1-2H3,(H,26,27). The lowest BCUT2D eigenvalue weighted by Gasteiger charge is -2.18. The summed E-state index contributed by atoms with van der Waals surface area (Å²) in [6.07, 6.45) is 0. The molecule has 0 spiro atoms. The minimum atomic E-state index is -0.185. The van der Waals surface area contributed by atoms with Gasteiger partial charge in [0.2, 0.25) is 0 Å². The molecule has 0 saturated carbocycles. The number of nitriles is 1. The molecule has 0 fully saturated rings. The Morgan fingerprint density at radius 2 is 1.76 bits per heavy atom. The zero-order valence-electron chi connectivity index (χ0n) is 16.4. The van der Waals surface area contributed by atoms with Crippen LogP contribution in [0.2, 0.25) is 0 Å². The molecular formula is C24H22N2O2S. The average Bonchev–Trinajstić information content (AvgIpc) is 2.78. The maximum Gasteiger partial charge on any atom is 0.252 e. The molecule has 5 heteroatoms. The average molecular weight is 403 g/mol. The molecule has 3 aromatic carbocycles. The van der Waals surface area contributed by atoms with Crippen LogP contribution < -0.4 is 10.1 Å². The van der Waals surface area contributed by atoms with E-state index in [1.807, 2.05) is 79.7 Å². The third-order valence-corrected chi connectivity index (χ3v) is 5.71. The molecule has 0 saturated heterocycles. The van der Waals surface area contributed by atoms with Gasteiger partial charge in [-0.2, -0.15) is 5.26 Å². The van der Waals surface area contributed by atoms with E-state index < -0.39 is 0 Å². The van der Waals surface area contributed by atoms with E-state index in [1.165, 1.54) is 0 Å². The first-order valence-electron chi connectivity index (χ1n) is 9.27. The van der Waals surface area contributed by atoms with Gasteiger partial charge in [-0.1, -0.05) is 42.5 Å². The van der Waals surface area contributed by atoms with Crippen molar-refractivity contribution in [2.24, 2.45) is 0 Å². The highest BCUT2D eigenvalue weighted by atomic mass is 32.2. The number of rotatable bonds is 7. The van der Waals surface area contributed by atoms with E-state index in [9.17, 15) is 4.79 Å². The zero-order valence-corrected chi connectivity index (χ0v) is 17.2. The van der Waals surface area contributed by atoms with Gasteiger partial charge in [-0.25, -0.2) is 0 Å². The van der Waals surface area contributed by atoms with Crippen molar-refractivity contribution in [3.05, 3.63) is 95.1 Å². The number of thioether (sulfide) groups is 1. The van der Waals surface area contributed by atoms with Gasteiger partial charge in [-0.3, -0.25) is 4.79 Å². The van der Waals surface area contributed by atoms with Crippen molar-refractivity contribution in [1.29, 1.82) is 5.26 Å². The summed E-state index contributed by atoms with van der Waals surface area (Å²) in [6.45, 7) is 1.95. The molecule has 0 aliphatic rings. The number of hydrogen-bond donors (Lipinski definition) is 1. The highest BCUT2D eigenvalue weighted by Crippen LogP contribution is 2.28. The monoisotopic (exact) mass is 402 g/mol. The highest BCUT2D eigenvalue weighted by Gasteiger charge is 2.17. The summed E-state index contributed by atoms with van der Waals surface area (Å²) in [5.74, 6) is 1.35. The second-order valence-electron chi connectivity index (χ2n) is 6.53. The number of ether oxygens (including phenoxy) is 1. The predicted molar refractivity (Wildman–Crippen MR) is 116 cm³/mol. The van der Waals surface area contributed by atoms with E-state index in [-0.39, 0.29) is 11.9 Å². The molecule has 0 bridgehead atoms. The Kier molecular flexibility index (Phi) is 6.94. The summed E-state index contributed by atoms with van der Waals surface area (Å²) in [4.78, 5) is 13.9. The third-order valence-electron chi connectivity index (χ3n) is 4.56. The highest BCUT2D eigenvalue weighted by molar-refractivity contribution is 7.98. The molecule has 0 radical (unpaired) electrons. The van der Waals surface area contributed by atoms with Crippen LogP contribution in [-0.2, 0) is 5.75 Å². The van der Waals surface area contributed by atoms with Crippen LogP contribution in [0.25, 0.3) is 0 Å². The first kappa shape index (κ1) is 20.5. The number of nitrogens with one attached hydrogen (secondary N) is 1. The molecule has 4 nitrogen and oxygen atoms in total. The molecule has 3 rings (SSSR count). The van der Waals surface area contributed by atoms with Crippen LogP contribution >= 0.6 is 11.8 Å². The van der Waals surface area contributed by atoms with E-state index in [0.717, 1.165) is 27.5 Å². The first-order chi connectivity index (χ1) is 14.1. The fourth-order valence-electron chi connectivity index (χ4n) is 2.99. The van der Waals surface area contributed by atoms with E-state index in [4.69, 9.17) is 10.00 Å². The number of para-hydroxylation sites is 1. The van der Waals surface area contributed by atoms with Crippen LogP contribution in [-0.4, -0.2) is 13.0 Å². The Morgan fingerprint density at radius 3 is 2.48 bits per heavy atom. The van der Waals surface area contributed by atoms with Gasteiger partial charge in [0, 0.05) is 16.2 Å². The summed E-state index contributed by atoms with van der Waals surface area (Å²) in [6, 6.07) is 24.7. The van der Waals surface area contributed by atoms with Crippen LogP contribution in [0.3, 0.4) is 0 Å². The van der Waals surface area contributed by atoms with Crippen LogP contribution in [0.4, 0.5) is 0 Å². The van der Waals surface area contributed by atoms with Crippen molar-refractivity contribution in [3.8, 4) is 11.8 Å². The SMILES string of the molecule is COc1ccccc1C(C)NC(=O)c1ccccc1SCc1ccc(C#N)cc1. The Labute approximate surface area is 175 Å². The van der Waals surface area contributed by atoms with E-state index in [1.54, 1.807) is 18.9 Å². The maximum atomic E-state index is 12.9. The first-order valence-corrected chi connectivity index (χ1v) is 10.3. The van der Waals surface area contributed by atoms with Crippen molar-refractivity contribution in [2.75, 3.05) is 7.11 Å². The Morgan fingerprint density at radius 1 is 1.07 bits per heavy atom. The van der Waals surface area contributed by atoms with Gasteiger partial charge < -0.3 is 10.1 Å². The third kappa shape index (κ3) is 5.18. The predicted octanol–water partition coefficient (Wildman–Crippen LogP) is 5.35. The number of amides is 1. The van der Waals surface area contributed by atoms with Gasteiger partial charge in [0.1, 0.15) is 5.75 Å². The largest absolute Gasteiger partial charge is 0.496 e. The molecule has 146 valence electrons. The lowest BCUT2D eigenvalue weighted by molar-refractivity contribution is 0.0936. The van der Waals surface area contributed by atoms with Gasteiger partial charge in [0.15, 0.2) is 0 Å². The molecule has 1 N–H and O–H groups in total. The second-order valence-corrected chi connectivity index (χ2v) is 7.55. The zero-order chi connectivity index (χ0) is 20.6. The van der Waals surface area contributed by atoms with Crippen molar-refractivity contribution < 1.29 is 9.53 Å². The molecule has 0 aromatic heterocycles. The fraction of sp³-hybridized carbons (Fsp3) is 0.167. The van der Waals surface area contributed by atoms with Gasteiger partial charge in [0.25, 0.3) is 5.91 Å². The number of carbonyl (C=O) groups is 1. The van der Waals surface area contributed by atoms with E-state index in [2.05, 4.69) is 11.4 Å². The van der Waals surface area contributed by atoms with E-state index >= 15 is 0 Å². The molecule has 1 atom stereocenters. The van der Waals surface area contributed by atoms with Crippen molar-refractivity contribution in [1.82, 2.24) is 5.32 Å². The molecule has 3 aromatic rings. The molecule has 29 heavy (non-hydrogen) atoms. The van der Waals surface area contributed by atoms with Gasteiger partial charge in [0.05, 0.1) is 30.3 Å². The summed E-state index contributed by atoms with van der Waals surface area (Å²) >= 11 is 1.60. The normalized spacial score (nSPS) is 11.3. The maximum absolute atomic E-state index is 12.9.